The van der Waals surface area contributed by atoms with Gasteiger partial charge < -0.3 is 10.1 Å². The van der Waals surface area contributed by atoms with Crippen molar-refractivity contribution >= 4 is 18.4 Å². The number of hydrogen-bond donors (Lipinski definition) is 1. The highest BCUT2D eigenvalue weighted by Crippen LogP contribution is 2.23. The van der Waals surface area contributed by atoms with Crippen LogP contribution in [-0.2, 0) is 4.74 Å². The molecule has 0 amide bonds. The van der Waals surface area contributed by atoms with Gasteiger partial charge in [-0.2, -0.15) is 0 Å². The van der Waals surface area contributed by atoms with Crippen LogP contribution < -0.4 is 5.32 Å². The number of hydrogen-bond acceptors (Lipinski definition) is 3. The second kappa shape index (κ2) is 6.62. The fourth-order valence-corrected chi connectivity index (χ4v) is 2.14. The van der Waals surface area contributed by atoms with Crippen LogP contribution >= 0.6 is 12.4 Å². The molecular weight excluding hydrogens is 238 g/mol. The number of carbonyl (C=O) groups is 1. The number of esters is 1. The van der Waals surface area contributed by atoms with Crippen LogP contribution in [0.15, 0.2) is 24.3 Å². The summed E-state index contributed by atoms with van der Waals surface area (Å²) in [6, 6.07) is 8.08. The number of halogens is 1. The lowest BCUT2D eigenvalue weighted by Gasteiger charge is -2.24. The van der Waals surface area contributed by atoms with Gasteiger partial charge in [0.1, 0.15) is 0 Å². The molecule has 1 fully saturated rings. The van der Waals surface area contributed by atoms with Gasteiger partial charge in [0.05, 0.1) is 12.7 Å². The Labute approximate surface area is 108 Å². The first-order chi connectivity index (χ1) is 7.81. The summed E-state index contributed by atoms with van der Waals surface area (Å²) in [5.41, 5.74) is 1.81. The van der Waals surface area contributed by atoms with E-state index in [2.05, 4.69) is 11.4 Å². The predicted molar refractivity (Wildman–Crippen MR) is 69.6 cm³/mol. The first kappa shape index (κ1) is 14.0. The number of ether oxygens (including phenoxy) is 1. The Bertz CT molecular complexity index is 375. The molecule has 0 spiro atoms. The van der Waals surface area contributed by atoms with Gasteiger partial charge in [-0.3, -0.25) is 0 Å². The van der Waals surface area contributed by atoms with Crippen LogP contribution in [0.1, 0.15) is 41.2 Å². The van der Waals surface area contributed by atoms with Crippen LogP contribution in [-0.4, -0.2) is 19.6 Å². The SMILES string of the molecule is COC(=O)c1cccc([C@H]2CCCCN2)c1.Cl. The third-order valence-electron chi connectivity index (χ3n) is 3.02. The van der Waals surface area contributed by atoms with Gasteiger partial charge in [-0.05, 0) is 37.1 Å². The van der Waals surface area contributed by atoms with Crippen molar-refractivity contribution in [2.45, 2.75) is 25.3 Å². The third kappa shape index (κ3) is 3.45. The largest absolute Gasteiger partial charge is 0.465 e. The van der Waals surface area contributed by atoms with E-state index in [1.54, 1.807) is 6.07 Å². The first-order valence-corrected chi connectivity index (χ1v) is 5.73. The summed E-state index contributed by atoms with van der Waals surface area (Å²) in [5, 5.41) is 3.47. The van der Waals surface area contributed by atoms with Crippen LogP contribution in [0.2, 0.25) is 0 Å². The van der Waals surface area contributed by atoms with E-state index in [0.717, 1.165) is 13.0 Å². The molecule has 4 heteroatoms. The summed E-state index contributed by atoms with van der Waals surface area (Å²) in [5.74, 6) is -0.266. The molecule has 1 saturated heterocycles. The van der Waals surface area contributed by atoms with E-state index < -0.39 is 0 Å². The molecule has 0 saturated carbocycles. The Morgan fingerprint density at radius 3 is 2.88 bits per heavy atom. The Kier molecular flexibility index (Phi) is 5.45. The highest BCUT2D eigenvalue weighted by Gasteiger charge is 2.15. The molecule has 0 bridgehead atoms. The average Bonchev–Trinajstić information content (AvgIpc) is 2.39. The smallest absolute Gasteiger partial charge is 0.337 e. The standard InChI is InChI=1S/C13H17NO2.ClH/c1-16-13(15)11-6-4-5-10(9-11)12-7-2-3-8-14-12;/h4-6,9,12,14H,2-3,7-8H2,1H3;1H/t12-;/m1./s1. The van der Waals surface area contributed by atoms with Crippen LogP contribution in [0.25, 0.3) is 0 Å². The molecule has 1 aliphatic rings. The average molecular weight is 256 g/mol. The minimum atomic E-state index is -0.266. The maximum Gasteiger partial charge on any atom is 0.337 e. The highest BCUT2D eigenvalue weighted by atomic mass is 35.5. The lowest BCUT2D eigenvalue weighted by atomic mass is 9.96. The van der Waals surface area contributed by atoms with Crippen molar-refractivity contribution in [2.24, 2.45) is 0 Å². The normalized spacial score (nSPS) is 19.2. The molecule has 3 nitrogen and oxygen atoms in total. The van der Waals surface area contributed by atoms with Crippen LogP contribution in [0, 0.1) is 0 Å². The van der Waals surface area contributed by atoms with Gasteiger partial charge in [0.15, 0.2) is 0 Å². The zero-order chi connectivity index (χ0) is 11.4. The lowest BCUT2D eigenvalue weighted by molar-refractivity contribution is 0.0600. The Morgan fingerprint density at radius 2 is 2.24 bits per heavy atom. The van der Waals surface area contributed by atoms with Crippen LogP contribution in [0.5, 0.6) is 0 Å². The molecule has 0 aliphatic carbocycles. The van der Waals surface area contributed by atoms with Crippen molar-refractivity contribution in [3.05, 3.63) is 35.4 Å². The molecule has 1 N–H and O–H groups in total. The summed E-state index contributed by atoms with van der Waals surface area (Å²) in [4.78, 5) is 11.4. The summed E-state index contributed by atoms with van der Waals surface area (Å²) in [6.07, 6.45) is 3.64. The van der Waals surface area contributed by atoms with Gasteiger partial charge in [-0.1, -0.05) is 18.6 Å². The molecule has 94 valence electrons. The number of piperidine rings is 1. The van der Waals surface area contributed by atoms with E-state index in [1.807, 2.05) is 12.1 Å². The maximum absolute atomic E-state index is 11.4. The fourth-order valence-electron chi connectivity index (χ4n) is 2.14. The summed E-state index contributed by atoms with van der Waals surface area (Å²) in [7, 11) is 1.41. The monoisotopic (exact) mass is 255 g/mol. The minimum Gasteiger partial charge on any atom is -0.465 e. The van der Waals surface area contributed by atoms with Crippen molar-refractivity contribution < 1.29 is 9.53 Å². The molecule has 1 heterocycles. The third-order valence-corrected chi connectivity index (χ3v) is 3.02. The summed E-state index contributed by atoms with van der Waals surface area (Å²) < 4.78 is 4.72. The number of nitrogens with one attached hydrogen (secondary N) is 1. The number of carbonyl (C=O) groups excluding carboxylic acids is 1. The summed E-state index contributed by atoms with van der Waals surface area (Å²) >= 11 is 0. The van der Waals surface area contributed by atoms with Gasteiger partial charge >= 0.3 is 5.97 Å². The molecule has 1 aromatic carbocycles. The van der Waals surface area contributed by atoms with Crippen LogP contribution in [0.3, 0.4) is 0 Å². The lowest BCUT2D eigenvalue weighted by Crippen LogP contribution is -2.26. The second-order valence-corrected chi connectivity index (χ2v) is 4.12. The molecular formula is C13H18ClNO2. The van der Waals surface area contributed by atoms with E-state index in [4.69, 9.17) is 4.74 Å². The van der Waals surface area contributed by atoms with E-state index in [0.29, 0.717) is 11.6 Å². The number of benzene rings is 1. The number of rotatable bonds is 2. The van der Waals surface area contributed by atoms with Gasteiger partial charge in [-0.25, -0.2) is 4.79 Å². The van der Waals surface area contributed by atoms with Crippen LogP contribution in [0.4, 0.5) is 0 Å². The molecule has 0 unspecified atom stereocenters. The van der Waals surface area contributed by atoms with Crippen molar-refractivity contribution in [2.75, 3.05) is 13.7 Å². The zero-order valence-corrected chi connectivity index (χ0v) is 10.8. The predicted octanol–water partition coefficient (Wildman–Crippen LogP) is 2.71. The van der Waals surface area contributed by atoms with Gasteiger partial charge in [-0.15, -0.1) is 12.4 Å². The van der Waals surface area contributed by atoms with Crippen molar-refractivity contribution in [1.29, 1.82) is 0 Å². The quantitative estimate of drug-likeness (QED) is 0.826. The maximum atomic E-state index is 11.4. The van der Waals surface area contributed by atoms with Crippen molar-refractivity contribution in [1.82, 2.24) is 5.32 Å². The molecule has 2 rings (SSSR count). The van der Waals surface area contributed by atoms with Gasteiger partial charge in [0, 0.05) is 6.04 Å². The number of methoxy groups -OCH3 is 1. The Balaban J connectivity index is 0.00000144. The fraction of sp³-hybridized carbons (Fsp3) is 0.462. The molecule has 0 aromatic heterocycles. The minimum absolute atomic E-state index is 0. The van der Waals surface area contributed by atoms with E-state index in [-0.39, 0.29) is 18.4 Å². The van der Waals surface area contributed by atoms with Crippen molar-refractivity contribution in [3.63, 3.8) is 0 Å². The topological polar surface area (TPSA) is 38.3 Å². The highest BCUT2D eigenvalue weighted by molar-refractivity contribution is 5.89. The molecule has 1 aromatic rings. The summed E-state index contributed by atoms with van der Waals surface area (Å²) in [6.45, 7) is 1.06. The van der Waals surface area contributed by atoms with E-state index in [9.17, 15) is 4.79 Å². The molecule has 17 heavy (non-hydrogen) atoms. The van der Waals surface area contributed by atoms with Crippen molar-refractivity contribution in [3.8, 4) is 0 Å². The van der Waals surface area contributed by atoms with Gasteiger partial charge in [0.25, 0.3) is 0 Å². The zero-order valence-electron chi connectivity index (χ0n) is 9.94. The first-order valence-electron chi connectivity index (χ1n) is 5.73. The second-order valence-electron chi connectivity index (χ2n) is 4.12. The molecule has 1 aliphatic heterocycles. The molecule has 0 radical (unpaired) electrons. The van der Waals surface area contributed by atoms with E-state index >= 15 is 0 Å². The molecule has 1 atom stereocenters. The van der Waals surface area contributed by atoms with E-state index in [1.165, 1.54) is 25.5 Å². The Hall–Kier alpha value is -1.06. The van der Waals surface area contributed by atoms with Gasteiger partial charge in [0.2, 0.25) is 0 Å². The Morgan fingerprint density at radius 1 is 1.41 bits per heavy atom.